The fourth-order valence-corrected chi connectivity index (χ4v) is 4.20. The second-order valence-corrected chi connectivity index (χ2v) is 7.54. The Hall–Kier alpha value is -3.73. The quantitative estimate of drug-likeness (QED) is 0.565. The van der Waals surface area contributed by atoms with Gasteiger partial charge in [0.25, 0.3) is 5.91 Å². The fraction of sp³-hybridized carbons (Fsp3) is 0.160. The molecule has 0 spiro atoms. The largest absolute Gasteiger partial charge is 0.334 e. The first-order valence-electron chi connectivity index (χ1n) is 10.2. The number of amides is 1. The minimum atomic E-state index is 0.0110. The van der Waals surface area contributed by atoms with Gasteiger partial charge in [0.2, 0.25) is 0 Å². The molecule has 1 aliphatic rings. The van der Waals surface area contributed by atoms with Crippen LogP contribution in [0.25, 0.3) is 0 Å². The Kier molecular flexibility index (Phi) is 4.85. The number of pyridine rings is 1. The van der Waals surface area contributed by atoms with Crippen molar-refractivity contribution in [1.29, 1.82) is 0 Å². The fourth-order valence-electron chi connectivity index (χ4n) is 4.20. The maximum Gasteiger partial charge on any atom is 0.255 e. The normalized spacial score (nSPS) is 13.3. The maximum absolute atomic E-state index is 13.0. The van der Waals surface area contributed by atoms with Crippen LogP contribution in [0.2, 0.25) is 0 Å². The number of nitrogens with zero attached hydrogens (tertiary/aromatic N) is 3. The Balaban J connectivity index is 1.53. The van der Waals surface area contributed by atoms with E-state index in [9.17, 15) is 4.79 Å². The van der Waals surface area contributed by atoms with Crippen LogP contribution in [-0.2, 0) is 13.0 Å². The Morgan fingerprint density at radius 3 is 2.27 bits per heavy atom. The van der Waals surface area contributed by atoms with Crippen molar-refractivity contribution >= 4 is 5.91 Å². The van der Waals surface area contributed by atoms with Gasteiger partial charge in [0.15, 0.2) is 0 Å². The summed E-state index contributed by atoms with van der Waals surface area (Å²) in [6, 6.07) is 24.5. The third-order valence-electron chi connectivity index (χ3n) is 5.70. The molecule has 0 unspecified atom stereocenters. The molecular formula is C25H22N4O. The molecule has 2 aromatic carbocycles. The molecule has 30 heavy (non-hydrogen) atoms. The van der Waals surface area contributed by atoms with E-state index in [1.54, 1.807) is 18.5 Å². The van der Waals surface area contributed by atoms with Crippen molar-refractivity contribution in [2.45, 2.75) is 18.9 Å². The number of rotatable bonds is 4. The summed E-state index contributed by atoms with van der Waals surface area (Å²) in [6.45, 7) is 1.22. The number of fused-ring (bicyclic) bond motifs is 1. The molecule has 148 valence electrons. The predicted octanol–water partition coefficient (Wildman–Crippen LogP) is 4.18. The average molecular weight is 394 g/mol. The van der Waals surface area contributed by atoms with Crippen LogP contribution >= 0.6 is 0 Å². The molecule has 4 aromatic rings. The summed E-state index contributed by atoms with van der Waals surface area (Å²) in [5.41, 5.74) is 6.23. The van der Waals surface area contributed by atoms with E-state index in [4.69, 9.17) is 5.10 Å². The topological polar surface area (TPSA) is 61.9 Å². The van der Waals surface area contributed by atoms with E-state index in [2.05, 4.69) is 58.6 Å². The van der Waals surface area contributed by atoms with Crippen molar-refractivity contribution in [2.24, 2.45) is 0 Å². The third-order valence-corrected chi connectivity index (χ3v) is 5.70. The summed E-state index contributed by atoms with van der Waals surface area (Å²) in [7, 11) is 0. The number of benzene rings is 2. The molecule has 0 bridgehead atoms. The van der Waals surface area contributed by atoms with E-state index in [-0.39, 0.29) is 11.8 Å². The van der Waals surface area contributed by atoms with Gasteiger partial charge in [-0.25, -0.2) is 0 Å². The number of carbonyl (C=O) groups excluding carboxylic acids is 1. The molecule has 1 aliphatic heterocycles. The molecular weight excluding hydrogens is 372 g/mol. The zero-order chi connectivity index (χ0) is 20.3. The summed E-state index contributed by atoms with van der Waals surface area (Å²) in [4.78, 5) is 19.0. The molecule has 5 heteroatoms. The van der Waals surface area contributed by atoms with Crippen molar-refractivity contribution in [2.75, 3.05) is 6.54 Å². The number of carbonyl (C=O) groups is 1. The van der Waals surface area contributed by atoms with Gasteiger partial charge in [0.1, 0.15) is 0 Å². The van der Waals surface area contributed by atoms with Gasteiger partial charge >= 0.3 is 0 Å². The van der Waals surface area contributed by atoms with Crippen molar-refractivity contribution < 1.29 is 4.79 Å². The highest BCUT2D eigenvalue weighted by molar-refractivity contribution is 5.94. The summed E-state index contributed by atoms with van der Waals surface area (Å²) in [5, 5.41) is 7.99. The second-order valence-electron chi connectivity index (χ2n) is 7.54. The molecule has 1 N–H and O–H groups in total. The first-order chi connectivity index (χ1) is 14.8. The Morgan fingerprint density at radius 2 is 1.63 bits per heavy atom. The van der Waals surface area contributed by atoms with Gasteiger partial charge in [-0.2, -0.15) is 5.10 Å². The first kappa shape index (κ1) is 18.3. The van der Waals surface area contributed by atoms with E-state index in [1.165, 1.54) is 11.1 Å². The van der Waals surface area contributed by atoms with Crippen molar-refractivity contribution in [3.05, 3.63) is 119 Å². The number of hydrogen-bond acceptors (Lipinski definition) is 3. The Bertz CT molecular complexity index is 1100. The summed E-state index contributed by atoms with van der Waals surface area (Å²) in [5.74, 6) is 0.0257. The molecule has 1 amide bonds. The van der Waals surface area contributed by atoms with E-state index in [0.717, 1.165) is 23.4 Å². The summed E-state index contributed by atoms with van der Waals surface area (Å²) in [6.07, 6.45) is 4.08. The lowest BCUT2D eigenvalue weighted by Gasteiger charge is -2.28. The van der Waals surface area contributed by atoms with E-state index in [1.807, 2.05) is 23.1 Å². The van der Waals surface area contributed by atoms with Crippen LogP contribution in [0.3, 0.4) is 0 Å². The SMILES string of the molecule is O=C(c1cccnc1)N1CCc2[nH]nc(C(c3ccccc3)c3ccccc3)c2C1. The molecule has 0 saturated heterocycles. The maximum atomic E-state index is 13.0. The van der Waals surface area contributed by atoms with Gasteiger partial charge in [-0.3, -0.25) is 14.9 Å². The van der Waals surface area contributed by atoms with Crippen LogP contribution in [0.4, 0.5) is 0 Å². The highest BCUT2D eigenvalue weighted by atomic mass is 16.2. The lowest BCUT2D eigenvalue weighted by Crippen LogP contribution is -2.36. The average Bonchev–Trinajstić information content (AvgIpc) is 3.24. The molecule has 2 aromatic heterocycles. The number of aromatic nitrogens is 3. The summed E-state index contributed by atoms with van der Waals surface area (Å²) >= 11 is 0. The monoisotopic (exact) mass is 394 g/mol. The molecule has 3 heterocycles. The highest BCUT2D eigenvalue weighted by Gasteiger charge is 2.30. The number of H-pyrrole nitrogens is 1. The van der Waals surface area contributed by atoms with Gasteiger partial charge in [-0.1, -0.05) is 60.7 Å². The third kappa shape index (κ3) is 3.39. The molecule has 0 radical (unpaired) electrons. The van der Waals surface area contributed by atoms with Crippen LogP contribution in [0.5, 0.6) is 0 Å². The van der Waals surface area contributed by atoms with Crippen molar-refractivity contribution in [3.8, 4) is 0 Å². The van der Waals surface area contributed by atoms with Crippen LogP contribution in [-0.4, -0.2) is 32.5 Å². The molecule has 0 atom stereocenters. The Morgan fingerprint density at radius 1 is 0.933 bits per heavy atom. The Labute approximate surface area is 175 Å². The predicted molar refractivity (Wildman–Crippen MR) is 115 cm³/mol. The molecule has 0 saturated carbocycles. The highest BCUT2D eigenvalue weighted by Crippen LogP contribution is 2.35. The van der Waals surface area contributed by atoms with E-state index < -0.39 is 0 Å². The lowest BCUT2D eigenvalue weighted by atomic mass is 9.85. The summed E-state index contributed by atoms with van der Waals surface area (Å²) < 4.78 is 0. The molecule has 0 fully saturated rings. The van der Waals surface area contributed by atoms with Crippen LogP contribution in [0.1, 0.15) is 44.4 Å². The van der Waals surface area contributed by atoms with Crippen molar-refractivity contribution in [3.63, 3.8) is 0 Å². The standard InChI is InChI=1S/C25H22N4O/c30-25(20-12-7-14-26-16-20)29-15-13-22-21(17-29)24(28-27-22)23(18-8-3-1-4-9-18)19-10-5-2-6-11-19/h1-12,14,16,23H,13,15,17H2,(H,27,28). The minimum Gasteiger partial charge on any atom is -0.334 e. The van der Waals surface area contributed by atoms with Crippen molar-refractivity contribution in [1.82, 2.24) is 20.1 Å². The zero-order valence-electron chi connectivity index (χ0n) is 16.5. The van der Waals surface area contributed by atoms with E-state index in [0.29, 0.717) is 18.7 Å². The molecule has 5 rings (SSSR count). The molecule has 5 nitrogen and oxygen atoms in total. The van der Waals surface area contributed by atoms with Crippen LogP contribution in [0, 0.1) is 0 Å². The number of hydrogen-bond donors (Lipinski definition) is 1. The number of aromatic amines is 1. The van der Waals surface area contributed by atoms with Gasteiger partial charge in [-0.15, -0.1) is 0 Å². The number of nitrogens with one attached hydrogen (secondary N) is 1. The van der Waals surface area contributed by atoms with Crippen LogP contribution < -0.4 is 0 Å². The van der Waals surface area contributed by atoms with Gasteiger partial charge < -0.3 is 4.90 Å². The van der Waals surface area contributed by atoms with Crippen LogP contribution in [0.15, 0.2) is 85.2 Å². The van der Waals surface area contributed by atoms with Gasteiger partial charge in [0, 0.05) is 43.2 Å². The first-order valence-corrected chi connectivity index (χ1v) is 10.2. The molecule has 0 aliphatic carbocycles. The van der Waals surface area contributed by atoms with Gasteiger partial charge in [-0.05, 0) is 23.3 Å². The van der Waals surface area contributed by atoms with E-state index >= 15 is 0 Å². The second kappa shape index (κ2) is 7.95. The van der Waals surface area contributed by atoms with Gasteiger partial charge in [0.05, 0.1) is 17.2 Å². The lowest BCUT2D eigenvalue weighted by molar-refractivity contribution is 0.0733. The minimum absolute atomic E-state index is 0.0110. The zero-order valence-corrected chi connectivity index (χ0v) is 16.5. The smallest absolute Gasteiger partial charge is 0.255 e.